The van der Waals surface area contributed by atoms with Gasteiger partial charge in [-0.3, -0.25) is 4.79 Å². The number of carbonyl (C=O) groups excluding carboxylic acids is 1. The highest BCUT2D eigenvalue weighted by molar-refractivity contribution is 6.04. The zero-order valence-electron chi connectivity index (χ0n) is 12.1. The van der Waals surface area contributed by atoms with Gasteiger partial charge in [0.2, 0.25) is 5.91 Å². The van der Waals surface area contributed by atoms with Crippen LogP contribution in [0.15, 0.2) is 29.4 Å². The van der Waals surface area contributed by atoms with Crippen molar-refractivity contribution in [1.29, 1.82) is 0 Å². The summed E-state index contributed by atoms with van der Waals surface area (Å²) in [5, 5.41) is 6.23. The minimum Gasteiger partial charge on any atom is -0.399 e. The highest BCUT2D eigenvalue weighted by Crippen LogP contribution is 2.21. The molecule has 0 unspecified atom stereocenters. The average Bonchev–Trinajstić information content (AvgIpc) is 2.51. The molecule has 2 N–H and O–H groups in total. The molecule has 0 atom stereocenters. The Kier molecular flexibility index (Phi) is 4.20. The molecule has 0 radical (unpaired) electrons. The van der Waals surface area contributed by atoms with Gasteiger partial charge in [0.15, 0.2) is 0 Å². The van der Waals surface area contributed by atoms with Crippen LogP contribution in [0.5, 0.6) is 0 Å². The van der Waals surface area contributed by atoms with Gasteiger partial charge in [-0.2, -0.15) is 5.10 Å². The lowest BCUT2D eigenvalue weighted by atomic mass is 9.99. The number of hydrogen-bond donors (Lipinski definition) is 1. The van der Waals surface area contributed by atoms with Crippen molar-refractivity contribution in [2.45, 2.75) is 25.7 Å². The molecule has 2 aliphatic rings. The quantitative estimate of drug-likeness (QED) is 0.865. The lowest BCUT2D eigenvalue weighted by Gasteiger charge is -2.29. The molecule has 0 spiro atoms. The third-order valence-corrected chi connectivity index (χ3v) is 4.12. The molecule has 0 bridgehead atoms. The van der Waals surface area contributed by atoms with Crippen LogP contribution in [0.1, 0.15) is 31.2 Å². The van der Waals surface area contributed by atoms with Crippen molar-refractivity contribution < 1.29 is 9.53 Å². The fourth-order valence-corrected chi connectivity index (χ4v) is 2.80. The summed E-state index contributed by atoms with van der Waals surface area (Å²) in [7, 11) is 0. The van der Waals surface area contributed by atoms with Crippen molar-refractivity contribution >= 4 is 17.3 Å². The number of rotatable bonds is 3. The Hall–Kier alpha value is -1.88. The molecule has 1 fully saturated rings. The monoisotopic (exact) mass is 287 g/mol. The molecular weight excluding hydrogens is 266 g/mol. The van der Waals surface area contributed by atoms with E-state index < -0.39 is 0 Å². The zero-order valence-corrected chi connectivity index (χ0v) is 12.1. The number of benzene rings is 1. The SMILES string of the molecule is Nc1ccc(C2=NN(CC3CCOCC3)C(=O)CC2)cc1. The summed E-state index contributed by atoms with van der Waals surface area (Å²) >= 11 is 0. The lowest BCUT2D eigenvalue weighted by Crippen LogP contribution is -2.37. The Bertz CT molecular complexity index is 533. The molecule has 5 heteroatoms. The fraction of sp³-hybridized carbons (Fsp3) is 0.500. The van der Waals surface area contributed by atoms with E-state index in [9.17, 15) is 4.79 Å². The second kappa shape index (κ2) is 6.26. The van der Waals surface area contributed by atoms with Crippen LogP contribution in [-0.4, -0.2) is 36.4 Å². The Morgan fingerprint density at radius 2 is 1.90 bits per heavy atom. The van der Waals surface area contributed by atoms with Gasteiger partial charge in [-0.25, -0.2) is 5.01 Å². The molecule has 2 heterocycles. The predicted molar refractivity (Wildman–Crippen MR) is 81.9 cm³/mol. The Balaban J connectivity index is 1.74. The van der Waals surface area contributed by atoms with E-state index in [1.807, 2.05) is 24.3 Å². The zero-order chi connectivity index (χ0) is 14.7. The van der Waals surface area contributed by atoms with Gasteiger partial charge in [-0.1, -0.05) is 12.1 Å². The number of carbonyl (C=O) groups is 1. The van der Waals surface area contributed by atoms with E-state index in [1.54, 1.807) is 5.01 Å². The van der Waals surface area contributed by atoms with Crippen molar-refractivity contribution in [3.63, 3.8) is 0 Å². The number of hydrazone groups is 1. The molecule has 3 rings (SSSR count). The summed E-state index contributed by atoms with van der Waals surface area (Å²) in [5.74, 6) is 0.623. The summed E-state index contributed by atoms with van der Waals surface area (Å²) in [4.78, 5) is 12.1. The first-order chi connectivity index (χ1) is 10.2. The van der Waals surface area contributed by atoms with Crippen LogP contribution in [0.2, 0.25) is 0 Å². The molecule has 0 aliphatic carbocycles. The van der Waals surface area contributed by atoms with E-state index in [2.05, 4.69) is 5.10 Å². The van der Waals surface area contributed by atoms with E-state index >= 15 is 0 Å². The van der Waals surface area contributed by atoms with Gasteiger partial charge in [0.25, 0.3) is 0 Å². The normalized spacial score (nSPS) is 20.5. The van der Waals surface area contributed by atoms with Crippen molar-refractivity contribution in [3.8, 4) is 0 Å². The van der Waals surface area contributed by atoms with Crippen LogP contribution >= 0.6 is 0 Å². The molecular formula is C16H21N3O2. The van der Waals surface area contributed by atoms with Gasteiger partial charge in [0.05, 0.1) is 5.71 Å². The van der Waals surface area contributed by atoms with E-state index in [0.717, 1.165) is 43.0 Å². The maximum Gasteiger partial charge on any atom is 0.243 e. The summed E-state index contributed by atoms with van der Waals surface area (Å²) in [6.45, 7) is 2.29. The van der Waals surface area contributed by atoms with Crippen LogP contribution in [0.3, 0.4) is 0 Å². The van der Waals surface area contributed by atoms with Crippen LogP contribution in [0.25, 0.3) is 0 Å². The van der Waals surface area contributed by atoms with Gasteiger partial charge in [-0.15, -0.1) is 0 Å². The van der Waals surface area contributed by atoms with Crippen LogP contribution in [-0.2, 0) is 9.53 Å². The average molecular weight is 287 g/mol. The summed E-state index contributed by atoms with van der Waals surface area (Å²) in [6, 6.07) is 7.68. The predicted octanol–water partition coefficient (Wildman–Crippen LogP) is 2.02. The first-order valence-electron chi connectivity index (χ1n) is 7.54. The number of nitrogens with zero attached hydrogens (tertiary/aromatic N) is 2. The van der Waals surface area contributed by atoms with E-state index in [4.69, 9.17) is 10.5 Å². The van der Waals surface area contributed by atoms with Crippen molar-refractivity contribution in [2.24, 2.45) is 11.0 Å². The van der Waals surface area contributed by atoms with Gasteiger partial charge in [0, 0.05) is 38.3 Å². The standard InChI is InChI=1S/C16H21N3O2/c17-14-3-1-13(2-4-14)15-5-6-16(20)19(18-15)11-12-7-9-21-10-8-12/h1-4,12H,5-11,17H2. The van der Waals surface area contributed by atoms with Crippen molar-refractivity contribution in [2.75, 3.05) is 25.5 Å². The van der Waals surface area contributed by atoms with Crippen molar-refractivity contribution in [3.05, 3.63) is 29.8 Å². The Morgan fingerprint density at radius 1 is 1.19 bits per heavy atom. The number of nitrogens with two attached hydrogens (primary N) is 1. The van der Waals surface area contributed by atoms with Gasteiger partial charge in [0.1, 0.15) is 0 Å². The molecule has 112 valence electrons. The van der Waals surface area contributed by atoms with Gasteiger partial charge in [-0.05, 0) is 36.5 Å². The molecule has 1 saturated heterocycles. The van der Waals surface area contributed by atoms with E-state index in [0.29, 0.717) is 25.3 Å². The minimum absolute atomic E-state index is 0.126. The van der Waals surface area contributed by atoms with Crippen LogP contribution < -0.4 is 5.73 Å². The minimum atomic E-state index is 0.126. The third-order valence-electron chi connectivity index (χ3n) is 4.12. The highest BCUT2D eigenvalue weighted by Gasteiger charge is 2.25. The van der Waals surface area contributed by atoms with Gasteiger partial charge < -0.3 is 10.5 Å². The van der Waals surface area contributed by atoms with Gasteiger partial charge >= 0.3 is 0 Å². The molecule has 1 aromatic carbocycles. The van der Waals surface area contributed by atoms with E-state index in [1.165, 1.54) is 0 Å². The van der Waals surface area contributed by atoms with Crippen molar-refractivity contribution in [1.82, 2.24) is 5.01 Å². The highest BCUT2D eigenvalue weighted by atomic mass is 16.5. The first kappa shape index (κ1) is 14.1. The molecule has 1 aromatic rings. The number of ether oxygens (including phenoxy) is 1. The second-order valence-corrected chi connectivity index (χ2v) is 5.70. The molecule has 5 nitrogen and oxygen atoms in total. The maximum absolute atomic E-state index is 12.1. The first-order valence-corrected chi connectivity index (χ1v) is 7.54. The molecule has 0 aromatic heterocycles. The maximum atomic E-state index is 12.1. The lowest BCUT2D eigenvalue weighted by molar-refractivity contribution is -0.132. The topological polar surface area (TPSA) is 67.9 Å². The second-order valence-electron chi connectivity index (χ2n) is 5.70. The van der Waals surface area contributed by atoms with Crippen LogP contribution in [0.4, 0.5) is 5.69 Å². The third kappa shape index (κ3) is 3.42. The molecule has 2 aliphatic heterocycles. The number of amides is 1. The fourth-order valence-electron chi connectivity index (χ4n) is 2.80. The molecule has 1 amide bonds. The Morgan fingerprint density at radius 3 is 2.62 bits per heavy atom. The largest absolute Gasteiger partial charge is 0.399 e. The van der Waals surface area contributed by atoms with E-state index in [-0.39, 0.29) is 5.91 Å². The number of anilines is 1. The van der Waals surface area contributed by atoms with Crippen LogP contribution in [0, 0.1) is 5.92 Å². The smallest absolute Gasteiger partial charge is 0.243 e. The number of hydrogen-bond acceptors (Lipinski definition) is 4. The summed E-state index contributed by atoms with van der Waals surface area (Å²) < 4.78 is 5.37. The Labute approximate surface area is 124 Å². The molecule has 0 saturated carbocycles. The summed E-state index contributed by atoms with van der Waals surface area (Å²) in [6.07, 6.45) is 3.26. The molecule has 21 heavy (non-hydrogen) atoms. The number of nitrogen functional groups attached to an aromatic ring is 1. The summed E-state index contributed by atoms with van der Waals surface area (Å²) in [5.41, 5.74) is 8.48.